The Hall–Kier alpha value is -6.50. The molecule has 0 aliphatic rings. The van der Waals surface area contributed by atoms with E-state index >= 15 is 0 Å². The molecule has 1 heterocycles. The fraction of sp³-hybridized carbons (Fsp3) is 0.167. The molecule has 0 aliphatic carbocycles. The maximum Gasteiger partial charge on any atom is 0.412 e. The lowest BCUT2D eigenvalue weighted by Gasteiger charge is -2.29. The maximum absolute atomic E-state index is 13.0. The highest BCUT2D eigenvalue weighted by molar-refractivity contribution is 5.92. The molecule has 2 atom stereocenters. The Morgan fingerprint density at radius 3 is 1.92 bits per heavy atom. The summed E-state index contributed by atoms with van der Waals surface area (Å²) in [5, 5.41) is 15.3. The molecule has 0 fully saturated rings. The van der Waals surface area contributed by atoms with Crippen molar-refractivity contribution in [1.82, 2.24) is 14.8 Å². The number of ether oxygens (including phenoxy) is 2. The van der Waals surface area contributed by atoms with Crippen LogP contribution in [0.25, 0.3) is 17.1 Å². The van der Waals surface area contributed by atoms with Crippen LogP contribution in [0.1, 0.15) is 30.8 Å². The van der Waals surface area contributed by atoms with Crippen molar-refractivity contribution >= 4 is 35.5 Å². The van der Waals surface area contributed by atoms with Gasteiger partial charge < -0.3 is 31.6 Å². The van der Waals surface area contributed by atoms with E-state index in [0.717, 1.165) is 22.4 Å². The van der Waals surface area contributed by atoms with Crippen LogP contribution in [0.5, 0.6) is 0 Å². The molecule has 250 valence electrons. The van der Waals surface area contributed by atoms with Crippen LogP contribution in [0.2, 0.25) is 0 Å². The predicted molar refractivity (Wildman–Crippen MR) is 183 cm³/mol. The summed E-state index contributed by atoms with van der Waals surface area (Å²) in [4.78, 5) is 47.5. The minimum Gasteiger partial charge on any atom is -0.375 e. The van der Waals surface area contributed by atoms with Gasteiger partial charge in [0, 0.05) is 35.5 Å². The standard InChI is InChI=1S/C36H35N7O6/c1-23(32(44)48-34(37)46)39-27-17-19-29(20-18-27)43-30(21-24-9-5-3-6-10-24)41-42-31(43)26-13-15-28(16-14-26)40-36(2,33(45)49-35(38)47)22-25-11-7-4-8-12-25/h3-20,23,39-40H,21-22H2,1-2H3,(H2,37,46)(H2,38,47)/t23-,36-/m0/s1. The molecule has 0 radical (unpaired) electrons. The maximum atomic E-state index is 13.0. The number of hydrogen-bond acceptors (Lipinski definition) is 10. The van der Waals surface area contributed by atoms with Crippen LogP contribution >= 0.6 is 0 Å². The van der Waals surface area contributed by atoms with Gasteiger partial charge in [-0.05, 0) is 73.5 Å². The summed E-state index contributed by atoms with van der Waals surface area (Å²) in [7, 11) is 0. The Balaban J connectivity index is 1.44. The van der Waals surface area contributed by atoms with Gasteiger partial charge in [-0.25, -0.2) is 19.2 Å². The van der Waals surface area contributed by atoms with Gasteiger partial charge in [0.05, 0.1) is 0 Å². The van der Waals surface area contributed by atoms with Crippen molar-refractivity contribution in [3.05, 3.63) is 126 Å². The number of hydrogen-bond donors (Lipinski definition) is 4. The van der Waals surface area contributed by atoms with Crippen LogP contribution in [0.15, 0.2) is 109 Å². The van der Waals surface area contributed by atoms with Crippen molar-refractivity contribution < 1.29 is 28.7 Å². The normalized spacial score (nSPS) is 12.6. The topological polar surface area (TPSA) is 194 Å². The van der Waals surface area contributed by atoms with Crippen molar-refractivity contribution in [3.63, 3.8) is 0 Å². The fourth-order valence-electron chi connectivity index (χ4n) is 5.27. The Morgan fingerprint density at radius 1 is 0.755 bits per heavy atom. The molecule has 13 nitrogen and oxygen atoms in total. The van der Waals surface area contributed by atoms with Crippen molar-refractivity contribution in [2.24, 2.45) is 11.5 Å². The van der Waals surface area contributed by atoms with E-state index in [-0.39, 0.29) is 6.42 Å². The second kappa shape index (κ2) is 14.9. The molecule has 2 amide bonds. The quantitative estimate of drug-likeness (QED) is 0.105. The molecule has 0 bridgehead atoms. The number of primary amides is 2. The van der Waals surface area contributed by atoms with Gasteiger partial charge in [-0.15, -0.1) is 10.2 Å². The molecule has 6 N–H and O–H groups in total. The number of nitrogens with zero attached hydrogens (tertiary/aromatic N) is 3. The van der Waals surface area contributed by atoms with E-state index in [1.807, 2.05) is 89.5 Å². The SMILES string of the molecule is C[C@H](Nc1ccc(-n2c(Cc3ccccc3)nnc2-c2ccc(N[C@@](C)(Cc3ccccc3)C(=O)OC(N)=O)cc2)cc1)C(=O)OC(N)=O. The Bertz CT molecular complexity index is 1930. The highest BCUT2D eigenvalue weighted by Crippen LogP contribution is 2.28. The van der Waals surface area contributed by atoms with Crippen LogP contribution in [-0.4, -0.2) is 50.5 Å². The third-order valence-corrected chi connectivity index (χ3v) is 7.61. The first-order chi connectivity index (χ1) is 23.5. The highest BCUT2D eigenvalue weighted by Gasteiger charge is 2.36. The molecule has 1 aromatic heterocycles. The van der Waals surface area contributed by atoms with Gasteiger partial charge >= 0.3 is 24.1 Å². The van der Waals surface area contributed by atoms with E-state index in [1.54, 1.807) is 38.1 Å². The average molecular weight is 662 g/mol. The first kappa shape index (κ1) is 33.9. The number of rotatable bonds is 12. The third kappa shape index (κ3) is 8.65. The summed E-state index contributed by atoms with van der Waals surface area (Å²) in [6, 6.07) is 33.0. The fourth-order valence-corrected chi connectivity index (χ4v) is 5.27. The van der Waals surface area contributed by atoms with E-state index in [9.17, 15) is 19.2 Å². The second-order valence-electron chi connectivity index (χ2n) is 11.5. The molecule has 0 aliphatic heterocycles. The number of benzene rings is 4. The van der Waals surface area contributed by atoms with E-state index in [4.69, 9.17) is 16.2 Å². The minimum absolute atomic E-state index is 0.231. The smallest absolute Gasteiger partial charge is 0.375 e. The van der Waals surface area contributed by atoms with Crippen LogP contribution < -0.4 is 22.1 Å². The van der Waals surface area contributed by atoms with Gasteiger partial charge in [-0.1, -0.05) is 60.7 Å². The second-order valence-corrected chi connectivity index (χ2v) is 11.5. The number of anilines is 2. The molecule has 0 unspecified atom stereocenters. The summed E-state index contributed by atoms with van der Waals surface area (Å²) in [6.07, 6.45) is -1.62. The number of nitrogens with two attached hydrogens (primary N) is 2. The summed E-state index contributed by atoms with van der Waals surface area (Å²) in [5.41, 5.74) is 13.4. The van der Waals surface area contributed by atoms with E-state index < -0.39 is 35.7 Å². The molecule has 13 heteroatoms. The zero-order chi connectivity index (χ0) is 35.0. The summed E-state index contributed by atoms with van der Waals surface area (Å²) < 4.78 is 11.2. The zero-order valence-corrected chi connectivity index (χ0v) is 26.8. The van der Waals surface area contributed by atoms with Crippen molar-refractivity contribution in [3.8, 4) is 17.1 Å². The number of amides is 2. The van der Waals surface area contributed by atoms with Crippen molar-refractivity contribution in [2.45, 2.75) is 38.3 Å². The average Bonchev–Trinajstić information content (AvgIpc) is 3.49. The van der Waals surface area contributed by atoms with E-state index in [2.05, 4.69) is 25.6 Å². The van der Waals surface area contributed by atoms with Gasteiger partial charge in [0.25, 0.3) is 0 Å². The third-order valence-electron chi connectivity index (χ3n) is 7.61. The van der Waals surface area contributed by atoms with Gasteiger partial charge in [0.15, 0.2) is 5.82 Å². The number of aromatic nitrogens is 3. The monoisotopic (exact) mass is 661 g/mol. The zero-order valence-electron chi connectivity index (χ0n) is 26.8. The van der Waals surface area contributed by atoms with Crippen molar-refractivity contribution in [2.75, 3.05) is 10.6 Å². The lowest BCUT2D eigenvalue weighted by molar-refractivity contribution is -0.141. The van der Waals surface area contributed by atoms with E-state index in [1.165, 1.54) is 0 Å². The number of esters is 2. The number of carbonyl (C=O) groups is 4. The Kier molecular flexibility index (Phi) is 10.3. The molecule has 49 heavy (non-hydrogen) atoms. The molecule has 5 aromatic rings. The van der Waals surface area contributed by atoms with Crippen LogP contribution in [0, 0.1) is 0 Å². The van der Waals surface area contributed by atoms with Gasteiger partial charge in [-0.2, -0.15) is 0 Å². The van der Waals surface area contributed by atoms with Gasteiger partial charge in [0.2, 0.25) is 0 Å². The summed E-state index contributed by atoms with van der Waals surface area (Å²) >= 11 is 0. The first-order valence-electron chi connectivity index (χ1n) is 15.3. The van der Waals surface area contributed by atoms with Crippen LogP contribution in [-0.2, 0) is 31.9 Å². The van der Waals surface area contributed by atoms with E-state index in [0.29, 0.717) is 29.4 Å². The lowest BCUT2D eigenvalue weighted by Crippen LogP contribution is -2.48. The minimum atomic E-state index is -1.31. The Morgan fingerprint density at radius 2 is 1.33 bits per heavy atom. The summed E-state index contributed by atoms with van der Waals surface area (Å²) in [6.45, 7) is 3.20. The largest absolute Gasteiger partial charge is 0.412 e. The predicted octanol–water partition coefficient (Wildman–Crippen LogP) is 4.98. The molecule has 4 aromatic carbocycles. The highest BCUT2D eigenvalue weighted by atomic mass is 16.6. The molecule has 5 rings (SSSR count). The van der Waals surface area contributed by atoms with Crippen molar-refractivity contribution in [1.29, 1.82) is 0 Å². The number of carbonyl (C=O) groups excluding carboxylic acids is 4. The van der Waals surface area contributed by atoms with Crippen LogP contribution in [0.3, 0.4) is 0 Å². The number of nitrogens with one attached hydrogen (secondary N) is 2. The molecular weight excluding hydrogens is 626 g/mol. The van der Waals surface area contributed by atoms with Crippen LogP contribution in [0.4, 0.5) is 21.0 Å². The Labute approximate surface area is 282 Å². The first-order valence-corrected chi connectivity index (χ1v) is 15.3. The molecule has 0 saturated carbocycles. The lowest BCUT2D eigenvalue weighted by atomic mass is 9.92. The van der Waals surface area contributed by atoms with Gasteiger partial charge in [0.1, 0.15) is 17.4 Å². The molecule has 0 spiro atoms. The molecular formula is C36H35N7O6. The molecule has 0 saturated heterocycles. The van der Waals surface area contributed by atoms with Gasteiger partial charge in [-0.3, -0.25) is 4.57 Å². The summed E-state index contributed by atoms with van der Waals surface area (Å²) in [5.74, 6) is -0.356.